The first kappa shape index (κ1) is 17.1. The molecule has 0 aliphatic carbocycles. The third-order valence-electron chi connectivity index (χ3n) is 2.86. The second-order valence-corrected chi connectivity index (χ2v) is 7.57. The zero-order valence-corrected chi connectivity index (χ0v) is 13.5. The van der Waals surface area contributed by atoms with Crippen molar-refractivity contribution >= 4 is 11.0 Å². The van der Waals surface area contributed by atoms with E-state index in [0.29, 0.717) is 0 Å². The second-order valence-electron chi connectivity index (χ2n) is 5.57. The summed E-state index contributed by atoms with van der Waals surface area (Å²) in [6.07, 6.45) is 0.807. The molecule has 114 valence electrons. The summed E-state index contributed by atoms with van der Waals surface area (Å²) in [5.41, 5.74) is 0.973. The summed E-state index contributed by atoms with van der Waals surface area (Å²) >= 11 is 0. The molecule has 0 radical (unpaired) electrons. The Morgan fingerprint density at radius 1 is 1.35 bits per heavy atom. The van der Waals surface area contributed by atoms with Crippen LogP contribution in [0.1, 0.15) is 45.7 Å². The van der Waals surface area contributed by atoms with Crippen molar-refractivity contribution in [3.05, 3.63) is 29.8 Å². The Kier molecular flexibility index (Phi) is 6.65. The van der Waals surface area contributed by atoms with E-state index in [9.17, 15) is 4.21 Å². The highest BCUT2D eigenvalue weighted by Gasteiger charge is 2.24. The molecule has 0 saturated carbocycles. The van der Waals surface area contributed by atoms with Gasteiger partial charge in [0, 0.05) is 11.6 Å². The van der Waals surface area contributed by atoms with Crippen LogP contribution in [0.25, 0.3) is 0 Å². The highest BCUT2D eigenvalue weighted by Crippen LogP contribution is 2.28. The lowest BCUT2D eigenvalue weighted by molar-refractivity contribution is 0.199. The van der Waals surface area contributed by atoms with E-state index in [1.54, 1.807) is 0 Å². The van der Waals surface area contributed by atoms with Crippen LogP contribution >= 0.6 is 0 Å². The molecule has 20 heavy (non-hydrogen) atoms. The van der Waals surface area contributed by atoms with Crippen molar-refractivity contribution in [1.29, 1.82) is 0 Å². The molecule has 1 aromatic rings. The molecule has 0 fully saturated rings. The van der Waals surface area contributed by atoms with E-state index in [-0.39, 0.29) is 24.0 Å². The summed E-state index contributed by atoms with van der Waals surface area (Å²) in [7, 11) is -1.14. The maximum Gasteiger partial charge on any atom is 0.124 e. The molecule has 0 heterocycles. The van der Waals surface area contributed by atoms with Crippen molar-refractivity contribution in [1.82, 2.24) is 4.72 Å². The Bertz CT molecular complexity index is 443. The predicted molar refractivity (Wildman–Crippen MR) is 83.1 cm³/mol. The molecule has 0 bridgehead atoms. The van der Waals surface area contributed by atoms with Gasteiger partial charge in [0.25, 0.3) is 0 Å². The molecule has 2 N–H and O–H groups in total. The minimum Gasteiger partial charge on any atom is -0.491 e. The van der Waals surface area contributed by atoms with Crippen molar-refractivity contribution in [2.45, 2.75) is 44.9 Å². The topological polar surface area (TPSA) is 58.6 Å². The van der Waals surface area contributed by atoms with E-state index in [0.717, 1.165) is 17.7 Å². The summed E-state index contributed by atoms with van der Waals surface area (Å²) in [4.78, 5) is 0. The lowest BCUT2D eigenvalue weighted by Gasteiger charge is -2.25. The van der Waals surface area contributed by atoms with E-state index in [4.69, 9.17) is 9.84 Å². The molecule has 0 spiro atoms. The van der Waals surface area contributed by atoms with E-state index in [2.05, 4.69) is 4.72 Å². The van der Waals surface area contributed by atoms with Gasteiger partial charge in [-0.3, -0.25) is 0 Å². The molecular weight excluding hydrogens is 274 g/mol. The predicted octanol–water partition coefficient (Wildman–Crippen LogP) is 2.56. The van der Waals surface area contributed by atoms with Gasteiger partial charge in [-0.25, -0.2) is 8.93 Å². The number of para-hydroxylation sites is 1. The van der Waals surface area contributed by atoms with Crippen LogP contribution in [0.4, 0.5) is 0 Å². The van der Waals surface area contributed by atoms with E-state index in [1.807, 2.05) is 52.0 Å². The molecule has 1 aromatic carbocycles. The number of hydrogen-bond acceptors (Lipinski definition) is 3. The van der Waals surface area contributed by atoms with Gasteiger partial charge in [-0.2, -0.15) is 0 Å². The maximum atomic E-state index is 12.3. The van der Waals surface area contributed by atoms with Gasteiger partial charge in [-0.05, 0) is 33.3 Å². The summed E-state index contributed by atoms with van der Waals surface area (Å²) in [5.74, 6) is 0.729. The average molecular weight is 299 g/mol. The van der Waals surface area contributed by atoms with Gasteiger partial charge in [-0.1, -0.05) is 25.1 Å². The van der Waals surface area contributed by atoms with Crippen LogP contribution in [0.15, 0.2) is 24.3 Å². The average Bonchev–Trinajstić information content (AvgIpc) is 2.41. The molecule has 4 nitrogen and oxygen atoms in total. The molecule has 0 aromatic heterocycles. The van der Waals surface area contributed by atoms with Crippen LogP contribution in [0.5, 0.6) is 5.75 Å². The van der Waals surface area contributed by atoms with Gasteiger partial charge in [0.15, 0.2) is 0 Å². The fourth-order valence-corrected chi connectivity index (χ4v) is 2.63. The minimum absolute atomic E-state index is 0.0214. The standard InChI is InChI=1S/C15H25NO3S/c1-5-13(16-20(18)15(2,3)4)12-8-6-7-9-14(12)19-11-10-17/h6-9,13,16-17H,5,10-11H2,1-4H3/t13-,20?/m0/s1. The largest absolute Gasteiger partial charge is 0.491 e. The molecule has 0 aliphatic heterocycles. The van der Waals surface area contributed by atoms with Gasteiger partial charge >= 0.3 is 0 Å². The van der Waals surface area contributed by atoms with Gasteiger partial charge in [0.2, 0.25) is 0 Å². The first-order valence-corrected chi connectivity index (χ1v) is 8.05. The SMILES string of the molecule is CC[C@H](NS(=O)C(C)(C)C)c1ccccc1OCCO. The summed E-state index contributed by atoms with van der Waals surface area (Å²) in [6.45, 7) is 8.10. The molecule has 1 unspecified atom stereocenters. The number of ether oxygens (including phenoxy) is 1. The van der Waals surface area contributed by atoms with Gasteiger partial charge in [0.05, 0.1) is 22.3 Å². The molecule has 0 amide bonds. The lowest BCUT2D eigenvalue weighted by Crippen LogP contribution is -2.35. The van der Waals surface area contributed by atoms with E-state index < -0.39 is 11.0 Å². The fraction of sp³-hybridized carbons (Fsp3) is 0.600. The van der Waals surface area contributed by atoms with Gasteiger partial charge in [0.1, 0.15) is 12.4 Å². The quantitative estimate of drug-likeness (QED) is 0.813. The zero-order valence-electron chi connectivity index (χ0n) is 12.7. The number of aliphatic hydroxyl groups is 1. The van der Waals surface area contributed by atoms with E-state index in [1.165, 1.54) is 0 Å². The van der Waals surface area contributed by atoms with Gasteiger partial charge < -0.3 is 9.84 Å². The molecule has 5 heteroatoms. The van der Waals surface area contributed by atoms with Crippen molar-refractivity contribution < 1.29 is 14.1 Å². The summed E-state index contributed by atoms with van der Waals surface area (Å²) < 4.78 is 20.7. The van der Waals surface area contributed by atoms with Gasteiger partial charge in [-0.15, -0.1) is 0 Å². The highest BCUT2D eigenvalue weighted by atomic mass is 32.2. The Balaban J connectivity index is 2.92. The van der Waals surface area contributed by atoms with Crippen LogP contribution in [-0.4, -0.2) is 27.3 Å². The number of benzene rings is 1. The normalized spacial score (nSPS) is 14.8. The molecule has 1 rings (SSSR count). The molecule has 0 saturated heterocycles. The van der Waals surface area contributed by atoms with Crippen molar-refractivity contribution in [3.8, 4) is 5.75 Å². The maximum absolute atomic E-state index is 12.3. The first-order valence-electron chi connectivity index (χ1n) is 6.90. The Morgan fingerprint density at radius 3 is 2.55 bits per heavy atom. The van der Waals surface area contributed by atoms with Crippen LogP contribution in [0.2, 0.25) is 0 Å². The number of hydrogen-bond donors (Lipinski definition) is 2. The van der Waals surface area contributed by atoms with Crippen molar-refractivity contribution in [2.24, 2.45) is 0 Å². The van der Waals surface area contributed by atoms with Crippen molar-refractivity contribution in [2.75, 3.05) is 13.2 Å². The molecular formula is C15H25NO3S. The van der Waals surface area contributed by atoms with Crippen LogP contribution in [0, 0.1) is 0 Å². The third-order valence-corrected chi connectivity index (χ3v) is 4.47. The number of rotatable bonds is 7. The highest BCUT2D eigenvalue weighted by molar-refractivity contribution is 7.84. The fourth-order valence-electron chi connectivity index (χ4n) is 1.73. The van der Waals surface area contributed by atoms with Crippen molar-refractivity contribution in [3.63, 3.8) is 0 Å². The summed E-state index contributed by atoms with van der Waals surface area (Å²) in [5, 5.41) is 8.88. The van der Waals surface area contributed by atoms with Crippen LogP contribution < -0.4 is 9.46 Å². The van der Waals surface area contributed by atoms with E-state index >= 15 is 0 Å². The Labute approximate surface area is 124 Å². The lowest BCUT2D eigenvalue weighted by atomic mass is 10.0. The summed E-state index contributed by atoms with van der Waals surface area (Å²) in [6, 6.07) is 7.63. The van der Waals surface area contributed by atoms with Crippen LogP contribution in [0.3, 0.4) is 0 Å². The minimum atomic E-state index is -1.14. The molecule has 2 atom stereocenters. The number of aliphatic hydroxyl groups excluding tert-OH is 1. The second kappa shape index (κ2) is 7.76. The smallest absolute Gasteiger partial charge is 0.124 e. The first-order chi connectivity index (χ1) is 9.40. The Morgan fingerprint density at radius 2 is 2.00 bits per heavy atom. The third kappa shape index (κ3) is 4.89. The Hall–Kier alpha value is -0.910. The monoisotopic (exact) mass is 299 g/mol. The molecule has 0 aliphatic rings. The number of nitrogens with one attached hydrogen (secondary N) is 1. The van der Waals surface area contributed by atoms with Crippen LogP contribution in [-0.2, 0) is 11.0 Å². The zero-order chi connectivity index (χ0) is 15.2.